The van der Waals surface area contributed by atoms with Crippen molar-refractivity contribution in [3.8, 4) is 5.75 Å². The summed E-state index contributed by atoms with van der Waals surface area (Å²) in [5.41, 5.74) is 0.744. The molecule has 0 fully saturated rings. The third-order valence-electron chi connectivity index (χ3n) is 2.93. The first-order chi connectivity index (χ1) is 10.8. The van der Waals surface area contributed by atoms with E-state index in [0.29, 0.717) is 28.8 Å². The van der Waals surface area contributed by atoms with Gasteiger partial charge in [0.25, 0.3) is 5.91 Å². The van der Waals surface area contributed by atoms with Gasteiger partial charge in [-0.2, -0.15) is 0 Å². The number of aryl methyl sites for hydroxylation is 1. The summed E-state index contributed by atoms with van der Waals surface area (Å²) in [6.45, 7) is 7.84. The van der Waals surface area contributed by atoms with Crippen LogP contribution in [0, 0.1) is 6.92 Å². The van der Waals surface area contributed by atoms with Gasteiger partial charge in [0.05, 0.1) is 12.8 Å². The molecule has 0 unspecified atom stereocenters. The van der Waals surface area contributed by atoms with Crippen molar-refractivity contribution in [3.63, 3.8) is 0 Å². The van der Waals surface area contributed by atoms with E-state index in [0.717, 1.165) is 0 Å². The van der Waals surface area contributed by atoms with E-state index in [-0.39, 0.29) is 11.4 Å². The second-order valence-corrected chi connectivity index (χ2v) is 6.22. The Balaban J connectivity index is 2.25. The van der Waals surface area contributed by atoms with Crippen LogP contribution in [0.2, 0.25) is 0 Å². The van der Waals surface area contributed by atoms with Crippen molar-refractivity contribution in [2.24, 2.45) is 0 Å². The van der Waals surface area contributed by atoms with Crippen molar-refractivity contribution in [2.45, 2.75) is 33.2 Å². The molecule has 0 saturated carbocycles. The number of para-hydroxylation sites is 2. The predicted octanol–water partition coefficient (Wildman–Crippen LogP) is 3.26. The normalized spacial score (nSPS) is 11.0. The van der Waals surface area contributed by atoms with Crippen molar-refractivity contribution in [3.05, 3.63) is 41.9 Å². The Bertz CT molecular complexity index is 708. The average Bonchev–Trinajstić information content (AvgIpc) is 2.45. The molecule has 23 heavy (non-hydrogen) atoms. The topological polar surface area (TPSA) is 76.1 Å². The number of anilines is 2. The molecule has 1 amide bonds. The summed E-state index contributed by atoms with van der Waals surface area (Å²) in [5.74, 6) is 1.44. The van der Waals surface area contributed by atoms with Gasteiger partial charge in [-0.1, -0.05) is 12.1 Å². The second kappa shape index (κ2) is 6.64. The van der Waals surface area contributed by atoms with Crippen molar-refractivity contribution in [2.75, 3.05) is 17.7 Å². The van der Waals surface area contributed by atoms with Gasteiger partial charge in [0.1, 0.15) is 23.1 Å². The Morgan fingerprint density at radius 1 is 1.17 bits per heavy atom. The molecule has 2 N–H and O–H groups in total. The van der Waals surface area contributed by atoms with Crippen LogP contribution in [0.3, 0.4) is 0 Å². The van der Waals surface area contributed by atoms with E-state index < -0.39 is 0 Å². The monoisotopic (exact) mass is 314 g/mol. The molecule has 0 saturated heterocycles. The maximum absolute atomic E-state index is 12.5. The Labute approximate surface area is 136 Å². The molecule has 0 atom stereocenters. The molecule has 0 radical (unpaired) electrons. The van der Waals surface area contributed by atoms with Crippen molar-refractivity contribution < 1.29 is 9.53 Å². The fourth-order valence-corrected chi connectivity index (χ4v) is 2.07. The molecule has 2 aromatic rings. The van der Waals surface area contributed by atoms with Gasteiger partial charge in [-0.25, -0.2) is 9.97 Å². The lowest BCUT2D eigenvalue weighted by molar-refractivity contribution is 0.102. The molecule has 0 bridgehead atoms. The van der Waals surface area contributed by atoms with Crippen LogP contribution in [0.25, 0.3) is 0 Å². The zero-order valence-corrected chi connectivity index (χ0v) is 14.1. The van der Waals surface area contributed by atoms with E-state index in [1.54, 1.807) is 32.2 Å². The van der Waals surface area contributed by atoms with Crippen LogP contribution >= 0.6 is 0 Å². The van der Waals surface area contributed by atoms with E-state index in [9.17, 15) is 4.79 Å². The Morgan fingerprint density at radius 3 is 2.52 bits per heavy atom. The average molecular weight is 314 g/mol. The van der Waals surface area contributed by atoms with Crippen LogP contribution in [0.15, 0.2) is 30.3 Å². The minimum absolute atomic E-state index is 0.156. The standard InChI is InChI=1S/C17H22N4O2/c1-11-18-13(10-15(19-11)21-17(2,3)4)16(22)20-12-8-6-7-9-14(12)23-5/h6-10H,1-5H3,(H,20,22)(H,18,19,21). The first kappa shape index (κ1) is 16.7. The third kappa shape index (κ3) is 4.67. The van der Waals surface area contributed by atoms with Crippen LogP contribution in [0.1, 0.15) is 37.1 Å². The molecule has 6 nitrogen and oxygen atoms in total. The molecule has 0 aliphatic carbocycles. The number of amides is 1. The van der Waals surface area contributed by atoms with Gasteiger partial charge in [0.15, 0.2) is 0 Å². The van der Waals surface area contributed by atoms with E-state index >= 15 is 0 Å². The first-order valence-electron chi connectivity index (χ1n) is 7.37. The van der Waals surface area contributed by atoms with Gasteiger partial charge in [-0.3, -0.25) is 4.79 Å². The van der Waals surface area contributed by atoms with Crippen molar-refractivity contribution >= 4 is 17.4 Å². The van der Waals surface area contributed by atoms with Gasteiger partial charge in [-0.15, -0.1) is 0 Å². The summed E-state index contributed by atoms with van der Waals surface area (Å²) >= 11 is 0. The number of rotatable bonds is 4. The number of hydrogen-bond donors (Lipinski definition) is 2. The van der Waals surface area contributed by atoms with Crippen LogP contribution in [0.5, 0.6) is 5.75 Å². The van der Waals surface area contributed by atoms with E-state index in [2.05, 4.69) is 20.6 Å². The summed E-state index contributed by atoms with van der Waals surface area (Å²) in [5, 5.41) is 6.06. The van der Waals surface area contributed by atoms with E-state index in [4.69, 9.17) is 4.74 Å². The molecule has 6 heteroatoms. The fraction of sp³-hybridized carbons (Fsp3) is 0.353. The fourth-order valence-electron chi connectivity index (χ4n) is 2.07. The maximum Gasteiger partial charge on any atom is 0.274 e. The summed E-state index contributed by atoms with van der Waals surface area (Å²) in [6, 6.07) is 8.88. The number of aromatic nitrogens is 2. The smallest absolute Gasteiger partial charge is 0.274 e. The lowest BCUT2D eigenvalue weighted by atomic mass is 10.1. The minimum Gasteiger partial charge on any atom is -0.495 e. The molecule has 122 valence electrons. The Kier molecular flexibility index (Phi) is 4.83. The molecule has 1 aromatic carbocycles. The highest BCUT2D eigenvalue weighted by Crippen LogP contribution is 2.23. The highest BCUT2D eigenvalue weighted by Gasteiger charge is 2.16. The summed E-state index contributed by atoms with van der Waals surface area (Å²) in [6.07, 6.45) is 0. The van der Waals surface area contributed by atoms with Crippen LogP contribution in [-0.2, 0) is 0 Å². The number of ether oxygens (including phenoxy) is 1. The van der Waals surface area contributed by atoms with Gasteiger partial charge < -0.3 is 15.4 Å². The van der Waals surface area contributed by atoms with Gasteiger partial charge in [0, 0.05) is 11.6 Å². The number of nitrogens with one attached hydrogen (secondary N) is 2. The van der Waals surface area contributed by atoms with Crippen LogP contribution in [0.4, 0.5) is 11.5 Å². The number of benzene rings is 1. The third-order valence-corrected chi connectivity index (χ3v) is 2.93. The lowest BCUT2D eigenvalue weighted by Crippen LogP contribution is -2.27. The zero-order chi connectivity index (χ0) is 17.0. The molecule has 2 rings (SSSR count). The first-order valence-corrected chi connectivity index (χ1v) is 7.37. The zero-order valence-electron chi connectivity index (χ0n) is 14.1. The van der Waals surface area contributed by atoms with Crippen molar-refractivity contribution in [1.29, 1.82) is 0 Å². The van der Waals surface area contributed by atoms with Crippen LogP contribution in [-0.4, -0.2) is 28.5 Å². The predicted molar refractivity (Wildman–Crippen MR) is 91.1 cm³/mol. The molecular weight excluding hydrogens is 292 g/mol. The SMILES string of the molecule is COc1ccccc1NC(=O)c1cc(NC(C)(C)C)nc(C)n1. The quantitative estimate of drug-likeness (QED) is 0.906. The maximum atomic E-state index is 12.5. The lowest BCUT2D eigenvalue weighted by Gasteiger charge is -2.21. The summed E-state index contributed by atoms with van der Waals surface area (Å²) in [4.78, 5) is 21.0. The minimum atomic E-state index is -0.308. The summed E-state index contributed by atoms with van der Waals surface area (Å²) < 4.78 is 5.24. The Hall–Kier alpha value is -2.63. The second-order valence-electron chi connectivity index (χ2n) is 6.22. The molecule has 0 aliphatic rings. The summed E-state index contributed by atoms with van der Waals surface area (Å²) in [7, 11) is 1.56. The number of hydrogen-bond acceptors (Lipinski definition) is 5. The number of carbonyl (C=O) groups is 1. The van der Waals surface area contributed by atoms with E-state index in [1.807, 2.05) is 32.9 Å². The molecule has 1 aromatic heterocycles. The molecular formula is C17H22N4O2. The van der Waals surface area contributed by atoms with Gasteiger partial charge >= 0.3 is 0 Å². The number of methoxy groups -OCH3 is 1. The highest BCUT2D eigenvalue weighted by molar-refractivity contribution is 6.04. The number of carbonyl (C=O) groups excluding carboxylic acids is 1. The van der Waals surface area contributed by atoms with Crippen LogP contribution < -0.4 is 15.4 Å². The van der Waals surface area contributed by atoms with E-state index in [1.165, 1.54) is 0 Å². The number of nitrogens with zero attached hydrogens (tertiary/aromatic N) is 2. The van der Waals surface area contributed by atoms with Crippen molar-refractivity contribution in [1.82, 2.24) is 9.97 Å². The van der Waals surface area contributed by atoms with Gasteiger partial charge in [0.2, 0.25) is 0 Å². The molecule has 0 aliphatic heterocycles. The molecule has 0 spiro atoms. The van der Waals surface area contributed by atoms with Gasteiger partial charge in [-0.05, 0) is 39.8 Å². The Morgan fingerprint density at radius 2 is 1.87 bits per heavy atom. The highest BCUT2D eigenvalue weighted by atomic mass is 16.5. The molecule has 1 heterocycles. The largest absolute Gasteiger partial charge is 0.495 e.